The second-order valence-corrected chi connectivity index (χ2v) is 9.11. The van der Waals surface area contributed by atoms with Crippen molar-refractivity contribution >= 4 is 0 Å². The largest absolute Gasteiger partial charge is 1.00 e. The summed E-state index contributed by atoms with van der Waals surface area (Å²) in [6.07, 6.45) is 9.20. The Labute approximate surface area is 170 Å². The maximum absolute atomic E-state index is 10.5. The van der Waals surface area contributed by atoms with Gasteiger partial charge in [0, 0.05) is 29.9 Å². The summed E-state index contributed by atoms with van der Waals surface area (Å²) in [6.45, 7) is 2.47. The summed E-state index contributed by atoms with van der Waals surface area (Å²) in [5.74, 6) is 2.76. The Hall–Kier alpha value is -1.46. The zero-order chi connectivity index (χ0) is 17.7. The van der Waals surface area contributed by atoms with Gasteiger partial charge >= 0.3 is 0 Å². The lowest BCUT2D eigenvalue weighted by molar-refractivity contribution is -0.935. The number of phenols is 1. The molecule has 3 aliphatic carbocycles. The van der Waals surface area contributed by atoms with Crippen LogP contribution in [0.5, 0.6) is 11.5 Å². The topological polar surface area (TPSA) is 38.7 Å². The smallest absolute Gasteiger partial charge is 0.169 e. The number of hydrogen-bond acceptors (Lipinski definition) is 3. The SMILES string of the molecule is COC1=CC=C2[C@H]3Cc4ccc(O)c5c4[C@@]2(CC[N+]3(C)CC2CC2)[C@H]1O5.[Br-]. The molecule has 2 heterocycles. The van der Waals surface area contributed by atoms with E-state index in [1.165, 1.54) is 42.6 Å². The van der Waals surface area contributed by atoms with Crippen molar-refractivity contribution in [1.29, 1.82) is 0 Å². The molecule has 1 aromatic rings. The highest BCUT2D eigenvalue weighted by Crippen LogP contribution is 2.63. The Morgan fingerprint density at radius 3 is 2.85 bits per heavy atom. The van der Waals surface area contributed by atoms with Gasteiger partial charge in [-0.15, -0.1) is 0 Å². The van der Waals surface area contributed by atoms with Gasteiger partial charge < -0.3 is 36.0 Å². The predicted octanol–water partition coefficient (Wildman–Crippen LogP) is 0.0503. The number of methoxy groups -OCH3 is 1. The summed E-state index contributed by atoms with van der Waals surface area (Å²) in [6, 6.07) is 4.45. The number of aromatic hydroxyl groups is 1. The van der Waals surface area contributed by atoms with Crippen molar-refractivity contribution in [2.24, 2.45) is 5.92 Å². The Bertz CT molecular complexity index is 890. The molecule has 1 aromatic carbocycles. The monoisotopic (exact) mass is 431 g/mol. The number of halogens is 1. The van der Waals surface area contributed by atoms with Crippen LogP contribution in [0.1, 0.15) is 30.4 Å². The summed E-state index contributed by atoms with van der Waals surface area (Å²) in [5.41, 5.74) is 3.97. The van der Waals surface area contributed by atoms with E-state index in [-0.39, 0.29) is 34.2 Å². The third-order valence-corrected chi connectivity index (χ3v) is 7.70. The number of likely N-dealkylation sites (N-methyl/N-ethyl adjacent to an activating group) is 1. The van der Waals surface area contributed by atoms with Crippen LogP contribution in [0.2, 0.25) is 0 Å². The number of ether oxygens (including phenoxy) is 2. The lowest BCUT2D eigenvalue weighted by atomic mass is 9.56. The molecule has 1 saturated carbocycles. The van der Waals surface area contributed by atoms with Crippen molar-refractivity contribution in [2.45, 2.75) is 43.2 Å². The van der Waals surface area contributed by atoms with Gasteiger partial charge in [0.1, 0.15) is 11.8 Å². The molecule has 0 amide bonds. The average molecular weight is 432 g/mol. The highest BCUT2D eigenvalue weighted by atomic mass is 79.9. The normalized spacial score (nSPS) is 37.4. The van der Waals surface area contributed by atoms with Crippen LogP contribution < -0.4 is 21.7 Å². The van der Waals surface area contributed by atoms with E-state index in [1.807, 2.05) is 6.07 Å². The molecule has 4 nitrogen and oxygen atoms in total. The molecular formula is C22H26BrNO3. The van der Waals surface area contributed by atoms with Crippen LogP contribution in [-0.2, 0) is 16.6 Å². The van der Waals surface area contributed by atoms with Gasteiger partial charge in [-0.1, -0.05) is 12.1 Å². The van der Waals surface area contributed by atoms with Crippen LogP contribution in [-0.4, -0.2) is 49.0 Å². The number of allylic oxidation sites excluding steroid dienone is 2. The number of likely N-dealkylation sites (tertiary alicyclic amines) is 1. The molecule has 0 radical (unpaired) electrons. The number of hydrogen-bond donors (Lipinski definition) is 1. The fraction of sp³-hybridized carbons (Fsp3) is 0.545. The molecule has 2 aliphatic heterocycles. The van der Waals surface area contributed by atoms with Gasteiger partial charge in [-0.25, -0.2) is 0 Å². The molecule has 5 heteroatoms. The fourth-order valence-electron chi connectivity index (χ4n) is 6.30. The van der Waals surface area contributed by atoms with E-state index in [9.17, 15) is 5.11 Å². The Kier molecular flexibility index (Phi) is 3.62. The molecule has 27 heavy (non-hydrogen) atoms. The third kappa shape index (κ3) is 2.07. The fourth-order valence-corrected chi connectivity index (χ4v) is 6.30. The maximum Gasteiger partial charge on any atom is 0.169 e. The third-order valence-electron chi connectivity index (χ3n) is 7.70. The van der Waals surface area contributed by atoms with E-state index in [2.05, 4.69) is 25.3 Å². The zero-order valence-electron chi connectivity index (χ0n) is 15.9. The van der Waals surface area contributed by atoms with Crippen LogP contribution in [0.15, 0.2) is 35.6 Å². The molecule has 1 spiro atoms. The number of quaternary nitrogens is 1. The Morgan fingerprint density at radius 2 is 2.11 bits per heavy atom. The minimum atomic E-state index is -0.145. The number of phenolic OH excluding ortho intramolecular Hbond substituents is 1. The summed E-state index contributed by atoms with van der Waals surface area (Å²) in [7, 11) is 4.19. The van der Waals surface area contributed by atoms with Crippen LogP contribution in [0.4, 0.5) is 0 Å². The van der Waals surface area contributed by atoms with Crippen LogP contribution in [0.3, 0.4) is 0 Å². The first-order valence-electron chi connectivity index (χ1n) is 9.89. The van der Waals surface area contributed by atoms with E-state index in [0.29, 0.717) is 11.8 Å². The molecular weight excluding hydrogens is 406 g/mol. The first-order valence-corrected chi connectivity index (χ1v) is 9.89. The Morgan fingerprint density at radius 1 is 1.30 bits per heavy atom. The zero-order valence-corrected chi connectivity index (χ0v) is 17.5. The standard InChI is InChI=1S/C22H25NO3.BrH/c1-23(12-13-3-4-13)10-9-22-15-6-8-18(25-2)21(22)26-20-17(24)7-5-14(19(20)22)11-16(15)23;/h5-8,13,16,21H,3-4,9-12H2,1-2H3;1H/t16-,21+,22+,23?;/m1./s1. The number of benzene rings is 1. The van der Waals surface area contributed by atoms with Crippen LogP contribution >= 0.6 is 0 Å². The molecule has 5 aliphatic rings. The van der Waals surface area contributed by atoms with E-state index in [4.69, 9.17) is 9.47 Å². The first-order chi connectivity index (χ1) is 12.6. The number of nitrogens with zero attached hydrogens (tertiary/aromatic N) is 1. The number of rotatable bonds is 3. The molecule has 2 fully saturated rings. The van der Waals surface area contributed by atoms with Crippen molar-refractivity contribution in [3.05, 3.63) is 46.7 Å². The van der Waals surface area contributed by atoms with Crippen molar-refractivity contribution in [1.82, 2.24) is 0 Å². The van der Waals surface area contributed by atoms with Gasteiger partial charge in [-0.2, -0.15) is 0 Å². The van der Waals surface area contributed by atoms with Gasteiger partial charge in [-0.05, 0) is 30.5 Å². The van der Waals surface area contributed by atoms with Gasteiger partial charge in [0.25, 0.3) is 0 Å². The van der Waals surface area contributed by atoms with Crippen molar-refractivity contribution < 1.29 is 36.0 Å². The molecule has 4 atom stereocenters. The van der Waals surface area contributed by atoms with Crippen LogP contribution in [0, 0.1) is 5.92 Å². The summed E-state index contributed by atoms with van der Waals surface area (Å²) in [4.78, 5) is 0. The summed E-state index contributed by atoms with van der Waals surface area (Å²) >= 11 is 0. The quantitative estimate of drug-likeness (QED) is 0.687. The average Bonchev–Trinajstić information content (AvgIpc) is 3.37. The summed E-state index contributed by atoms with van der Waals surface area (Å²) in [5, 5.41) is 10.5. The van der Waals surface area contributed by atoms with E-state index >= 15 is 0 Å². The predicted molar refractivity (Wildman–Crippen MR) is 98.1 cm³/mol. The lowest BCUT2D eigenvalue weighted by Crippen LogP contribution is -3.00. The molecule has 144 valence electrons. The highest BCUT2D eigenvalue weighted by Gasteiger charge is 2.66. The minimum absolute atomic E-state index is 0. The lowest BCUT2D eigenvalue weighted by Gasteiger charge is -2.57. The number of piperidine rings is 1. The second-order valence-electron chi connectivity index (χ2n) is 9.11. The van der Waals surface area contributed by atoms with E-state index < -0.39 is 0 Å². The highest BCUT2D eigenvalue weighted by molar-refractivity contribution is 5.66. The van der Waals surface area contributed by atoms with Gasteiger partial charge in [0.2, 0.25) is 0 Å². The summed E-state index contributed by atoms with van der Waals surface area (Å²) < 4.78 is 13.2. The first kappa shape index (κ1) is 17.6. The van der Waals surface area contributed by atoms with Gasteiger partial charge in [0.05, 0.1) is 32.7 Å². The van der Waals surface area contributed by atoms with Gasteiger partial charge in [0.15, 0.2) is 17.6 Å². The molecule has 1 unspecified atom stereocenters. The molecule has 0 aromatic heterocycles. The second kappa shape index (κ2) is 5.54. The molecule has 2 bridgehead atoms. The minimum Gasteiger partial charge on any atom is -1.00 e. The van der Waals surface area contributed by atoms with Crippen molar-refractivity contribution in [3.63, 3.8) is 0 Å². The van der Waals surface area contributed by atoms with Crippen molar-refractivity contribution in [3.8, 4) is 11.5 Å². The van der Waals surface area contributed by atoms with E-state index in [1.54, 1.807) is 7.11 Å². The molecule has 1 N–H and O–H groups in total. The van der Waals surface area contributed by atoms with Crippen LogP contribution in [0.25, 0.3) is 0 Å². The van der Waals surface area contributed by atoms with Crippen molar-refractivity contribution in [2.75, 3.05) is 27.2 Å². The maximum atomic E-state index is 10.5. The Balaban J connectivity index is 0.00000160. The van der Waals surface area contributed by atoms with E-state index in [0.717, 1.165) is 29.0 Å². The molecule has 1 saturated heterocycles. The van der Waals surface area contributed by atoms with Gasteiger partial charge in [-0.3, -0.25) is 0 Å². The molecule has 6 rings (SSSR count).